The monoisotopic (exact) mass is 304 g/mol. The molecule has 1 aromatic rings. The van der Waals surface area contributed by atoms with E-state index in [0.717, 1.165) is 18.4 Å². The van der Waals surface area contributed by atoms with Crippen LogP contribution >= 0.6 is 0 Å². The molecule has 0 aromatic heterocycles. The zero-order valence-electron chi connectivity index (χ0n) is 13.9. The minimum atomic E-state index is -0.205. The molecule has 1 atom stereocenters. The Morgan fingerprint density at radius 1 is 1.14 bits per heavy atom. The SMILES string of the molecule is CCCCCCC(C)NC(=O)CNC(=O)c1ccccc1C. The Morgan fingerprint density at radius 3 is 2.55 bits per heavy atom. The molecule has 4 heteroatoms. The molecular formula is C18H28N2O2. The van der Waals surface area contributed by atoms with Crippen molar-refractivity contribution in [2.24, 2.45) is 0 Å². The molecule has 1 aromatic carbocycles. The van der Waals surface area contributed by atoms with Gasteiger partial charge in [-0.25, -0.2) is 0 Å². The van der Waals surface area contributed by atoms with Crippen molar-refractivity contribution >= 4 is 11.8 Å². The summed E-state index contributed by atoms with van der Waals surface area (Å²) in [4.78, 5) is 23.8. The molecule has 122 valence electrons. The van der Waals surface area contributed by atoms with Crippen LogP contribution in [-0.2, 0) is 4.79 Å². The van der Waals surface area contributed by atoms with Crippen LogP contribution in [0.1, 0.15) is 61.9 Å². The first kappa shape index (κ1) is 18.2. The van der Waals surface area contributed by atoms with Gasteiger partial charge in [-0.1, -0.05) is 50.8 Å². The first-order valence-electron chi connectivity index (χ1n) is 8.17. The maximum Gasteiger partial charge on any atom is 0.251 e. The van der Waals surface area contributed by atoms with Crippen molar-refractivity contribution in [3.63, 3.8) is 0 Å². The van der Waals surface area contributed by atoms with Crippen LogP contribution in [0.2, 0.25) is 0 Å². The Bertz CT molecular complexity index is 486. The second kappa shape index (κ2) is 9.98. The number of aryl methyl sites for hydroxylation is 1. The highest BCUT2D eigenvalue weighted by molar-refractivity contribution is 5.97. The standard InChI is InChI=1S/C18H28N2O2/c1-4-5-6-7-11-15(3)20-17(21)13-19-18(22)16-12-9-8-10-14(16)2/h8-10,12,15H,4-7,11,13H2,1-3H3,(H,19,22)(H,20,21). The number of nitrogens with one attached hydrogen (secondary N) is 2. The van der Waals surface area contributed by atoms with Gasteiger partial charge in [0.2, 0.25) is 5.91 Å². The average Bonchev–Trinajstić information content (AvgIpc) is 2.49. The highest BCUT2D eigenvalue weighted by atomic mass is 16.2. The van der Waals surface area contributed by atoms with Crippen LogP contribution in [0.5, 0.6) is 0 Å². The topological polar surface area (TPSA) is 58.2 Å². The fourth-order valence-electron chi connectivity index (χ4n) is 2.36. The molecule has 0 radical (unpaired) electrons. The molecule has 0 saturated carbocycles. The van der Waals surface area contributed by atoms with E-state index in [2.05, 4.69) is 17.6 Å². The van der Waals surface area contributed by atoms with E-state index in [9.17, 15) is 9.59 Å². The zero-order valence-corrected chi connectivity index (χ0v) is 13.9. The Balaban J connectivity index is 2.28. The minimum Gasteiger partial charge on any atom is -0.352 e. The lowest BCUT2D eigenvalue weighted by Gasteiger charge is -2.14. The molecule has 1 rings (SSSR count). The first-order valence-corrected chi connectivity index (χ1v) is 8.17. The lowest BCUT2D eigenvalue weighted by atomic mass is 10.1. The molecule has 2 amide bonds. The summed E-state index contributed by atoms with van der Waals surface area (Å²) in [5.41, 5.74) is 1.52. The van der Waals surface area contributed by atoms with Gasteiger partial charge in [-0.05, 0) is 31.9 Å². The summed E-state index contributed by atoms with van der Waals surface area (Å²) in [6.07, 6.45) is 5.78. The van der Waals surface area contributed by atoms with Crippen LogP contribution in [0.3, 0.4) is 0 Å². The van der Waals surface area contributed by atoms with Crippen LogP contribution in [0.25, 0.3) is 0 Å². The molecule has 0 heterocycles. The predicted octanol–water partition coefficient (Wildman–Crippen LogP) is 3.20. The van der Waals surface area contributed by atoms with Gasteiger partial charge in [-0.2, -0.15) is 0 Å². The number of benzene rings is 1. The largest absolute Gasteiger partial charge is 0.352 e. The summed E-state index contributed by atoms with van der Waals surface area (Å²) < 4.78 is 0. The number of amides is 2. The van der Waals surface area contributed by atoms with Gasteiger partial charge in [0.25, 0.3) is 5.91 Å². The van der Waals surface area contributed by atoms with Gasteiger partial charge in [0.15, 0.2) is 0 Å². The van der Waals surface area contributed by atoms with Gasteiger partial charge in [-0.15, -0.1) is 0 Å². The predicted molar refractivity (Wildman–Crippen MR) is 89.9 cm³/mol. The van der Waals surface area contributed by atoms with E-state index >= 15 is 0 Å². The third kappa shape index (κ3) is 6.74. The number of carbonyl (C=O) groups excluding carboxylic acids is 2. The lowest BCUT2D eigenvalue weighted by Crippen LogP contribution is -2.41. The van der Waals surface area contributed by atoms with Crippen molar-refractivity contribution in [2.75, 3.05) is 6.54 Å². The summed E-state index contributed by atoms with van der Waals surface area (Å²) >= 11 is 0. The maximum absolute atomic E-state index is 12.0. The maximum atomic E-state index is 12.0. The summed E-state index contributed by atoms with van der Waals surface area (Å²) in [7, 11) is 0. The lowest BCUT2D eigenvalue weighted by molar-refractivity contribution is -0.120. The van der Waals surface area contributed by atoms with E-state index in [1.165, 1.54) is 19.3 Å². The van der Waals surface area contributed by atoms with Gasteiger partial charge < -0.3 is 10.6 Å². The van der Waals surface area contributed by atoms with Crippen molar-refractivity contribution in [2.45, 2.75) is 58.9 Å². The molecule has 0 fully saturated rings. The van der Waals surface area contributed by atoms with Crippen molar-refractivity contribution in [3.05, 3.63) is 35.4 Å². The summed E-state index contributed by atoms with van der Waals surface area (Å²) in [5.74, 6) is -0.339. The fourth-order valence-corrected chi connectivity index (χ4v) is 2.36. The van der Waals surface area contributed by atoms with Crippen molar-refractivity contribution < 1.29 is 9.59 Å². The summed E-state index contributed by atoms with van der Waals surface area (Å²) in [5, 5.41) is 5.59. The molecule has 1 unspecified atom stereocenters. The first-order chi connectivity index (χ1) is 10.5. The van der Waals surface area contributed by atoms with Gasteiger partial charge in [0, 0.05) is 11.6 Å². The molecule has 0 bridgehead atoms. The molecule has 0 saturated heterocycles. The average molecular weight is 304 g/mol. The van der Waals surface area contributed by atoms with Crippen LogP contribution in [-0.4, -0.2) is 24.4 Å². The molecule has 4 nitrogen and oxygen atoms in total. The van der Waals surface area contributed by atoms with E-state index in [1.807, 2.05) is 32.0 Å². The van der Waals surface area contributed by atoms with Gasteiger partial charge in [0.05, 0.1) is 6.54 Å². The van der Waals surface area contributed by atoms with Crippen molar-refractivity contribution in [1.82, 2.24) is 10.6 Å². The van der Waals surface area contributed by atoms with E-state index < -0.39 is 0 Å². The van der Waals surface area contributed by atoms with E-state index in [4.69, 9.17) is 0 Å². The smallest absolute Gasteiger partial charge is 0.251 e. The number of carbonyl (C=O) groups is 2. The number of hydrogen-bond donors (Lipinski definition) is 2. The minimum absolute atomic E-state index is 0.0203. The highest BCUT2D eigenvalue weighted by Gasteiger charge is 2.11. The van der Waals surface area contributed by atoms with Crippen LogP contribution in [0.15, 0.2) is 24.3 Å². The normalized spacial score (nSPS) is 11.8. The Morgan fingerprint density at radius 2 is 1.86 bits per heavy atom. The van der Waals surface area contributed by atoms with E-state index in [0.29, 0.717) is 5.56 Å². The second-order valence-corrected chi connectivity index (χ2v) is 5.82. The fraction of sp³-hybridized carbons (Fsp3) is 0.556. The van der Waals surface area contributed by atoms with Crippen LogP contribution in [0, 0.1) is 6.92 Å². The summed E-state index contributed by atoms with van der Waals surface area (Å²) in [6.45, 7) is 6.09. The van der Waals surface area contributed by atoms with Gasteiger partial charge in [-0.3, -0.25) is 9.59 Å². The third-order valence-corrected chi connectivity index (χ3v) is 3.70. The Kier molecular flexibility index (Phi) is 8.26. The van der Waals surface area contributed by atoms with Crippen molar-refractivity contribution in [1.29, 1.82) is 0 Å². The molecule has 0 spiro atoms. The number of unbranched alkanes of at least 4 members (excludes halogenated alkanes) is 3. The van der Waals surface area contributed by atoms with Crippen LogP contribution in [0.4, 0.5) is 0 Å². The zero-order chi connectivity index (χ0) is 16.4. The molecule has 2 N–H and O–H groups in total. The second-order valence-electron chi connectivity index (χ2n) is 5.82. The Hall–Kier alpha value is -1.84. The molecule has 0 aliphatic heterocycles. The summed E-state index contributed by atoms with van der Waals surface area (Å²) in [6, 6.07) is 7.51. The molecule has 0 aliphatic rings. The highest BCUT2D eigenvalue weighted by Crippen LogP contribution is 2.06. The van der Waals surface area contributed by atoms with E-state index in [1.54, 1.807) is 6.07 Å². The molecule has 0 aliphatic carbocycles. The number of hydrogen-bond acceptors (Lipinski definition) is 2. The van der Waals surface area contributed by atoms with Crippen molar-refractivity contribution in [3.8, 4) is 0 Å². The van der Waals surface area contributed by atoms with E-state index in [-0.39, 0.29) is 24.4 Å². The van der Waals surface area contributed by atoms with Gasteiger partial charge in [0.1, 0.15) is 0 Å². The molecule has 22 heavy (non-hydrogen) atoms. The quantitative estimate of drug-likeness (QED) is 0.688. The molecular weight excluding hydrogens is 276 g/mol. The van der Waals surface area contributed by atoms with Gasteiger partial charge >= 0.3 is 0 Å². The third-order valence-electron chi connectivity index (χ3n) is 3.70. The van der Waals surface area contributed by atoms with Crippen LogP contribution < -0.4 is 10.6 Å². The number of rotatable bonds is 9. The Labute approximate surface area is 133 Å².